The first-order chi connectivity index (χ1) is 14.7. The van der Waals surface area contributed by atoms with Crippen molar-refractivity contribution < 1.29 is 9.59 Å². The number of rotatable bonds is 5. The fourth-order valence-corrected chi connectivity index (χ4v) is 6.22. The molecular formula is C24H22N2O2S2. The lowest BCUT2D eigenvalue weighted by Gasteiger charge is -2.27. The second kappa shape index (κ2) is 8.00. The van der Waals surface area contributed by atoms with Gasteiger partial charge in [0.05, 0.1) is 4.91 Å². The lowest BCUT2D eigenvalue weighted by molar-refractivity contribution is -0.122. The summed E-state index contributed by atoms with van der Waals surface area (Å²) in [5, 5.41) is 0. The van der Waals surface area contributed by atoms with Gasteiger partial charge in [-0.15, -0.1) is 0 Å². The Hall–Kier alpha value is -2.44. The number of carbonyl (C=O) groups is 2. The third kappa shape index (κ3) is 3.28. The molecule has 6 heteroatoms. The maximum atomic E-state index is 12.7. The van der Waals surface area contributed by atoms with E-state index in [2.05, 4.69) is 53.4 Å². The van der Waals surface area contributed by atoms with Gasteiger partial charge in [-0.3, -0.25) is 9.69 Å². The molecule has 0 spiro atoms. The molecule has 2 unspecified atom stereocenters. The van der Waals surface area contributed by atoms with Crippen LogP contribution in [-0.2, 0) is 9.59 Å². The zero-order chi connectivity index (χ0) is 20.7. The number of benzene rings is 2. The van der Waals surface area contributed by atoms with Crippen LogP contribution in [0.2, 0.25) is 0 Å². The van der Waals surface area contributed by atoms with Crippen LogP contribution in [0, 0.1) is 0 Å². The first-order valence-corrected chi connectivity index (χ1v) is 11.6. The Bertz CT molecular complexity index is 1050. The van der Waals surface area contributed by atoms with Crippen molar-refractivity contribution in [2.24, 2.45) is 0 Å². The summed E-state index contributed by atoms with van der Waals surface area (Å²) in [5.41, 5.74) is 4.94. The van der Waals surface area contributed by atoms with Crippen molar-refractivity contribution in [3.8, 4) is 0 Å². The molecule has 1 saturated carbocycles. The van der Waals surface area contributed by atoms with Crippen molar-refractivity contribution >= 4 is 57.9 Å². The molecule has 152 valence electrons. The van der Waals surface area contributed by atoms with Crippen molar-refractivity contribution in [1.82, 2.24) is 4.90 Å². The second-order valence-electron chi connectivity index (χ2n) is 7.92. The molecule has 2 heterocycles. The van der Waals surface area contributed by atoms with Gasteiger partial charge < -0.3 is 9.69 Å². The smallest absolute Gasteiger partial charge is 0.266 e. The molecule has 0 N–H and O–H groups in total. The number of hydrogen-bond donors (Lipinski definition) is 0. The molecule has 3 aliphatic rings. The monoisotopic (exact) mass is 434 g/mol. The maximum absolute atomic E-state index is 12.7. The molecule has 2 aliphatic heterocycles. The van der Waals surface area contributed by atoms with Crippen molar-refractivity contribution in [3.63, 3.8) is 0 Å². The van der Waals surface area contributed by atoms with Gasteiger partial charge in [-0.2, -0.15) is 0 Å². The van der Waals surface area contributed by atoms with Crippen molar-refractivity contribution in [3.05, 3.63) is 64.6 Å². The molecule has 1 amide bonds. The third-order valence-corrected chi connectivity index (χ3v) is 7.58. The lowest BCUT2D eigenvalue weighted by atomic mass is 9.96. The highest BCUT2D eigenvalue weighted by Crippen LogP contribution is 2.52. The zero-order valence-electron chi connectivity index (χ0n) is 16.5. The Morgan fingerprint density at radius 3 is 2.77 bits per heavy atom. The standard InChI is InChI=1S/C24H22N2O2S2/c27-13-5-12-25-23(28)22(30-24(25)29)15-16-10-11-21-19(14-16)18-8-4-9-20(18)26(21)17-6-2-1-3-7-17/h1-3,6-7,10-11,13-15,18,20H,4-5,8-9,12H2/b22-15+. The van der Waals surface area contributed by atoms with E-state index < -0.39 is 0 Å². The van der Waals surface area contributed by atoms with Gasteiger partial charge in [0, 0.05) is 36.3 Å². The minimum absolute atomic E-state index is 0.1000. The fourth-order valence-electron chi connectivity index (χ4n) is 4.92. The predicted molar refractivity (Wildman–Crippen MR) is 126 cm³/mol. The average molecular weight is 435 g/mol. The number of fused-ring (bicyclic) bond motifs is 3. The van der Waals surface area contributed by atoms with Crippen molar-refractivity contribution in [2.75, 3.05) is 11.4 Å². The highest BCUT2D eigenvalue weighted by Gasteiger charge is 2.42. The Labute approximate surface area is 185 Å². The van der Waals surface area contributed by atoms with Crippen LogP contribution in [0.15, 0.2) is 53.4 Å². The third-order valence-electron chi connectivity index (χ3n) is 6.20. The Kier molecular flexibility index (Phi) is 5.21. The van der Waals surface area contributed by atoms with Gasteiger partial charge in [-0.25, -0.2) is 0 Å². The summed E-state index contributed by atoms with van der Waals surface area (Å²) in [4.78, 5) is 28.0. The van der Waals surface area contributed by atoms with Gasteiger partial charge in [0.15, 0.2) is 0 Å². The molecule has 2 aromatic rings. The quantitative estimate of drug-likeness (QED) is 0.364. The minimum Gasteiger partial charge on any atom is -0.338 e. The number of hydrogen-bond acceptors (Lipinski definition) is 5. The Balaban J connectivity index is 1.47. The van der Waals surface area contributed by atoms with E-state index >= 15 is 0 Å². The molecule has 5 rings (SSSR count). The van der Waals surface area contributed by atoms with Gasteiger partial charge >= 0.3 is 0 Å². The van der Waals surface area contributed by atoms with Crippen LogP contribution in [0.5, 0.6) is 0 Å². The summed E-state index contributed by atoms with van der Waals surface area (Å²) in [5.74, 6) is 0.438. The number of thiocarbonyl (C=S) groups is 1. The summed E-state index contributed by atoms with van der Waals surface area (Å²) in [6, 6.07) is 17.7. The molecule has 4 nitrogen and oxygen atoms in total. The van der Waals surface area contributed by atoms with E-state index in [4.69, 9.17) is 12.2 Å². The van der Waals surface area contributed by atoms with Crippen LogP contribution in [0.3, 0.4) is 0 Å². The van der Waals surface area contributed by atoms with E-state index in [1.165, 1.54) is 52.9 Å². The normalized spacial score (nSPS) is 23.9. The summed E-state index contributed by atoms with van der Waals surface area (Å²) in [6.07, 6.45) is 6.72. The van der Waals surface area contributed by atoms with Gasteiger partial charge in [0.1, 0.15) is 10.6 Å². The molecular weight excluding hydrogens is 412 g/mol. The molecule has 1 saturated heterocycles. The molecule has 2 fully saturated rings. The van der Waals surface area contributed by atoms with Crippen LogP contribution in [-0.4, -0.2) is 34.0 Å². The predicted octanol–water partition coefficient (Wildman–Crippen LogP) is 5.26. The Morgan fingerprint density at radius 2 is 1.97 bits per heavy atom. The molecule has 0 radical (unpaired) electrons. The minimum atomic E-state index is -0.1000. The van der Waals surface area contributed by atoms with E-state index in [9.17, 15) is 9.59 Å². The number of anilines is 2. The van der Waals surface area contributed by atoms with Crippen molar-refractivity contribution in [1.29, 1.82) is 0 Å². The van der Waals surface area contributed by atoms with Gasteiger partial charge in [-0.05, 0) is 54.3 Å². The van der Waals surface area contributed by atoms with Crippen LogP contribution in [0.25, 0.3) is 6.08 Å². The fraction of sp³-hybridized carbons (Fsp3) is 0.292. The molecule has 0 bridgehead atoms. The van der Waals surface area contributed by atoms with Gasteiger partial charge in [0.2, 0.25) is 0 Å². The molecule has 1 aliphatic carbocycles. The SMILES string of the molecule is O=CCCN1C(=O)/C(=C\c2ccc3c(c2)C2CCCC2N3c2ccccc2)SC1=S. The molecule has 2 atom stereocenters. The van der Waals surface area contributed by atoms with E-state index in [0.29, 0.717) is 34.2 Å². The first-order valence-electron chi connectivity index (χ1n) is 10.3. The van der Waals surface area contributed by atoms with E-state index in [1.807, 2.05) is 6.08 Å². The summed E-state index contributed by atoms with van der Waals surface area (Å²) in [6.45, 7) is 0.353. The number of thioether (sulfide) groups is 1. The number of para-hydroxylation sites is 1. The van der Waals surface area contributed by atoms with Crippen LogP contribution in [0.4, 0.5) is 11.4 Å². The molecule has 2 aromatic carbocycles. The molecule has 0 aromatic heterocycles. The highest BCUT2D eigenvalue weighted by atomic mass is 32.2. The zero-order valence-corrected chi connectivity index (χ0v) is 18.1. The van der Waals surface area contributed by atoms with Gasteiger partial charge in [-0.1, -0.05) is 54.7 Å². The maximum Gasteiger partial charge on any atom is 0.266 e. The van der Waals surface area contributed by atoms with Crippen LogP contribution in [0.1, 0.15) is 42.7 Å². The van der Waals surface area contributed by atoms with E-state index in [1.54, 1.807) is 0 Å². The summed E-state index contributed by atoms with van der Waals surface area (Å²) < 4.78 is 0.528. The van der Waals surface area contributed by atoms with Crippen LogP contribution >= 0.6 is 24.0 Å². The molecule has 30 heavy (non-hydrogen) atoms. The number of amides is 1. The topological polar surface area (TPSA) is 40.6 Å². The second-order valence-corrected chi connectivity index (χ2v) is 9.59. The summed E-state index contributed by atoms with van der Waals surface area (Å²) >= 11 is 6.66. The largest absolute Gasteiger partial charge is 0.338 e. The highest BCUT2D eigenvalue weighted by molar-refractivity contribution is 8.26. The number of nitrogens with zero attached hydrogens (tertiary/aromatic N) is 2. The van der Waals surface area contributed by atoms with E-state index in [0.717, 1.165) is 11.8 Å². The van der Waals surface area contributed by atoms with E-state index in [-0.39, 0.29) is 5.91 Å². The lowest BCUT2D eigenvalue weighted by Crippen LogP contribution is -2.29. The van der Waals surface area contributed by atoms with Gasteiger partial charge in [0.25, 0.3) is 5.91 Å². The van der Waals surface area contributed by atoms with Crippen molar-refractivity contribution in [2.45, 2.75) is 37.6 Å². The average Bonchev–Trinajstić information content (AvgIpc) is 3.41. The number of carbonyl (C=O) groups excluding carboxylic acids is 2. The summed E-state index contributed by atoms with van der Waals surface area (Å²) in [7, 11) is 0. The number of aldehydes is 1. The Morgan fingerprint density at radius 1 is 1.13 bits per heavy atom. The first kappa shape index (κ1) is 19.5. The van der Waals surface area contributed by atoms with Crippen LogP contribution < -0.4 is 4.90 Å².